The highest BCUT2D eigenvalue weighted by molar-refractivity contribution is 5.94. The Balaban J connectivity index is 1.29. The Labute approximate surface area is 244 Å². The quantitative estimate of drug-likeness (QED) is 0.265. The lowest BCUT2D eigenvalue weighted by Crippen LogP contribution is -2.55. The average molecular weight is 572 g/mol. The number of anilines is 2. The molecular formula is C31H34FN7O3. The number of fused-ring (bicyclic) bond motifs is 2. The first-order valence-electron chi connectivity index (χ1n) is 14.5. The van der Waals surface area contributed by atoms with Gasteiger partial charge in [0.05, 0.1) is 62.0 Å². The van der Waals surface area contributed by atoms with E-state index in [1.807, 2.05) is 6.07 Å². The lowest BCUT2D eigenvalue weighted by Gasteiger charge is -2.42. The predicted octanol–water partition coefficient (Wildman–Crippen LogP) is 3.79. The van der Waals surface area contributed by atoms with Gasteiger partial charge in [-0.15, -0.1) is 0 Å². The van der Waals surface area contributed by atoms with E-state index >= 15 is 0 Å². The molecule has 0 bridgehead atoms. The van der Waals surface area contributed by atoms with Crippen molar-refractivity contribution in [3.05, 3.63) is 60.3 Å². The van der Waals surface area contributed by atoms with Crippen LogP contribution >= 0.6 is 0 Å². The molecule has 218 valence electrons. The van der Waals surface area contributed by atoms with Gasteiger partial charge in [0.15, 0.2) is 0 Å². The normalized spacial score (nSPS) is 18.5. The van der Waals surface area contributed by atoms with Crippen molar-refractivity contribution in [1.29, 1.82) is 5.26 Å². The van der Waals surface area contributed by atoms with Gasteiger partial charge >= 0.3 is 6.01 Å². The lowest BCUT2D eigenvalue weighted by atomic mass is 10.0. The highest BCUT2D eigenvalue weighted by atomic mass is 19.1. The van der Waals surface area contributed by atoms with Gasteiger partial charge in [-0.25, -0.2) is 4.39 Å². The Morgan fingerprint density at radius 1 is 1.17 bits per heavy atom. The maximum Gasteiger partial charge on any atom is 0.318 e. The number of aromatic nitrogens is 3. The molecule has 6 rings (SSSR count). The molecule has 1 aromatic carbocycles. The number of nitrogens with zero attached hydrogens (tertiary/aromatic N) is 7. The van der Waals surface area contributed by atoms with E-state index in [4.69, 9.17) is 19.4 Å². The number of amides is 1. The third kappa shape index (κ3) is 5.85. The van der Waals surface area contributed by atoms with Gasteiger partial charge in [-0.3, -0.25) is 9.78 Å². The summed E-state index contributed by atoms with van der Waals surface area (Å²) in [5, 5.41) is 10.8. The molecule has 3 aliphatic rings. The monoisotopic (exact) mass is 571 g/mol. The summed E-state index contributed by atoms with van der Waals surface area (Å²) in [7, 11) is 0. The number of carbonyl (C=O) groups excluding carboxylic acids is 1. The van der Waals surface area contributed by atoms with Crippen molar-refractivity contribution < 1.29 is 18.7 Å². The van der Waals surface area contributed by atoms with Gasteiger partial charge in [0.2, 0.25) is 5.91 Å². The zero-order valence-corrected chi connectivity index (χ0v) is 23.5. The molecule has 1 atom stereocenters. The number of nitriles is 1. The van der Waals surface area contributed by atoms with E-state index < -0.39 is 0 Å². The summed E-state index contributed by atoms with van der Waals surface area (Å²) in [6, 6.07) is 7.24. The number of pyridine rings is 1. The first-order valence-corrected chi connectivity index (χ1v) is 14.5. The smallest absolute Gasteiger partial charge is 0.318 e. The van der Waals surface area contributed by atoms with Crippen molar-refractivity contribution in [2.45, 2.75) is 50.8 Å². The number of ether oxygens (including phenoxy) is 2. The van der Waals surface area contributed by atoms with E-state index in [0.717, 1.165) is 47.4 Å². The van der Waals surface area contributed by atoms with Crippen LogP contribution in [0.2, 0.25) is 0 Å². The van der Waals surface area contributed by atoms with Gasteiger partial charge in [-0.05, 0) is 31.4 Å². The Kier molecular flexibility index (Phi) is 8.15. The zero-order valence-electron chi connectivity index (χ0n) is 23.5. The van der Waals surface area contributed by atoms with Crippen molar-refractivity contribution in [2.24, 2.45) is 0 Å². The highest BCUT2D eigenvalue weighted by Crippen LogP contribution is 2.35. The molecule has 0 spiro atoms. The first kappa shape index (κ1) is 27.8. The largest absolute Gasteiger partial charge is 0.463 e. The fraction of sp³-hybridized carbons (Fsp3) is 0.452. The van der Waals surface area contributed by atoms with E-state index in [0.29, 0.717) is 63.8 Å². The molecule has 1 aliphatic carbocycles. The van der Waals surface area contributed by atoms with Gasteiger partial charge in [-0.1, -0.05) is 18.7 Å². The summed E-state index contributed by atoms with van der Waals surface area (Å²) in [5.41, 5.74) is 2.54. The summed E-state index contributed by atoms with van der Waals surface area (Å²) >= 11 is 0. The van der Waals surface area contributed by atoms with Crippen molar-refractivity contribution in [3.63, 3.8) is 0 Å². The SMILES string of the molecule is C=CC(=O)N1CCN(c2nc(OCCCOC3CC3)nc3c2CCN(c2cncc4cccc(F)c24)C3)C[C@@H]1CC#N. The topological polar surface area (TPSA) is 108 Å². The van der Waals surface area contributed by atoms with Crippen molar-refractivity contribution >= 4 is 28.2 Å². The Morgan fingerprint density at radius 2 is 2.05 bits per heavy atom. The molecule has 4 heterocycles. The molecule has 0 radical (unpaired) electrons. The molecule has 42 heavy (non-hydrogen) atoms. The van der Waals surface area contributed by atoms with Crippen LogP contribution in [0.1, 0.15) is 36.9 Å². The van der Waals surface area contributed by atoms with Gasteiger partial charge in [0.1, 0.15) is 11.6 Å². The molecule has 1 saturated heterocycles. The summed E-state index contributed by atoms with van der Waals surface area (Å²) in [5.74, 6) is 0.301. The van der Waals surface area contributed by atoms with Crippen LogP contribution in [0.3, 0.4) is 0 Å². The van der Waals surface area contributed by atoms with Crippen LogP contribution < -0.4 is 14.5 Å². The van der Waals surface area contributed by atoms with Crippen LogP contribution in [-0.4, -0.2) is 77.3 Å². The highest BCUT2D eigenvalue weighted by Gasteiger charge is 2.33. The Morgan fingerprint density at radius 3 is 2.86 bits per heavy atom. The number of hydrogen-bond acceptors (Lipinski definition) is 9. The molecule has 10 nitrogen and oxygen atoms in total. The van der Waals surface area contributed by atoms with E-state index in [-0.39, 0.29) is 30.2 Å². The molecule has 1 saturated carbocycles. The predicted molar refractivity (Wildman–Crippen MR) is 156 cm³/mol. The summed E-state index contributed by atoms with van der Waals surface area (Å²) in [6.45, 7) is 7.23. The van der Waals surface area contributed by atoms with E-state index in [2.05, 4.69) is 27.4 Å². The average Bonchev–Trinajstić information content (AvgIpc) is 3.84. The second-order valence-corrected chi connectivity index (χ2v) is 10.9. The second-order valence-electron chi connectivity index (χ2n) is 10.9. The Hall–Kier alpha value is -4.30. The van der Waals surface area contributed by atoms with Crippen LogP contribution in [-0.2, 0) is 22.5 Å². The standard InChI is InChI=1S/C31H34FN7O3/c1-2-28(40)39-14-13-38(19-22(39)9-11-33)30-24-10-12-37(27-18-34-17-21-5-3-6-25(32)29(21)27)20-26(24)35-31(36-30)42-16-4-15-41-23-7-8-23/h2-3,5-6,17-18,22-23H,1,4,7-10,12-16,19-20H2/t22-/m0/s1. The van der Waals surface area contributed by atoms with Crippen LogP contribution in [0.15, 0.2) is 43.2 Å². The van der Waals surface area contributed by atoms with Crippen molar-refractivity contribution in [2.75, 3.05) is 49.2 Å². The maximum absolute atomic E-state index is 15.0. The summed E-state index contributed by atoms with van der Waals surface area (Å²) in [6.07, 6.45) is 8.90. The second kappa shape index (κ2) is 12.3. The molecule has 1 amide bonds. The van der Waals surface area contributed by atoms with Gasteiger partial charge in [0.25, 0.3) is 0 Å². The number of rotatable bonds is 10. The molecule has 2 aromatic heterocycles. The molecule has 2 aliphatic heterocycles. The summed E-state index contributed by atoms with van der Waals surface area (Å²) in [4.78, 5) is 32.5. The zero-order chi connectivity index (χ0) is 29.1. The molecule has 2 fully saturated rings. The molecule has 0 unspecified atom stereocenters. The third-order valence-electron chi connectivity index (χ3n) is 8.04. The minimum absolute atomic E-state index is 0.177. The van der Waals surface area contributed by atoms with Gasteiger partial charge in [0, 0.05) is 55.1 Å². The minimum atomic E-state index is -0.285. The number of hydrogen-bond donors (Lipinski definition) is 0. The van der Waals surface area contributed by atoms with Crippen LogP contribution in [0.4, 0.5) is 15.9 Å². The molecule has 11 heteroatoms. The fourth-order valence-electron chi connectivity index (χ4n) is 5.77. The van der Waals surface area contributed by atoms with Crippen molar-refractivity contribution in [3.8, 4) is 12.1 Å². The number of piperazine rings is 1. The maximum atomic E-state index is 15.0. The van der Waals surface area contributed by atoms with Crippen LogP contribution in [0.25, 0.3) is 10.8 Å². The molecule has 0 N–H and O–H groups in total. The fourth-order valence-corrected chi connectivity index (χ4v) is 5.77. The van der Waals surface area contributed by atoms with Crippen LogP contribution in [0.5, 0.6) is 6.01 Å². The van der Waals surface area contributed by atoms with Gasteiger partial charge < -0.3 is 24.2 Å². The molecular weight excluding hydrogens is 537 g/mol. The van der Waals surface area contributed by atoms with E-state index in [9.17, 15) is 14.4 Å². The number of halogens is 1. The molecule has 3 aromatic rings. The first-order chi connectivity index (χ1) is 20.6. The minimum Gasteiger partial charge on any atom is -0.463 e. The van der Waals surface area contributed by atoms with E-state index in [1.54, 1.807) is 23.4 Å². The van der Waals surface area contributed by atoms with Gasteiger partial charge in [-0.2, -0.15) is 15.2 Å². The third-order valence-corrected chi connectivity index (χ3v) is 8.04. The van der Waals surface area contributed by atoms with E-state index in [1.165, 1.54) is 12.1 Å². The number of benzene rings is 1. The van der Waals surface area contributed by atoms with Crippen LogP contribution in [0, 0.1) is 17.1 Å². The van der Waals surface area contributed by atoms with Crippen molar-refractivity contribution in [1.82, 2.24) is 19.9 Å². The lowest BCUT2D eigenvalue weighted by molar-refractivity contribution is -0.128. The number of carbonyl (C=O) groups is 1. The summed E-state index contributed by atoms with van der Waals surface area (Å²) < 4.78 is 26.7. The Bertz CT molecular complexity index is 1520.